The van der Waals surface area contributed by atoms with Crippen LogP contribution in [0.2, 0.25) is 5.28 Å². The number of nitrogens with zero attached hydrogens (tertiary/aromatic N) is 5. The Hall–Kier alpha value is -2.45. The zero-order chi connectivity index (χ0) is 17.0. The summed E-state index contributed by atoms with van der Waals surface area (Å²) >= 11 is 7.76. The van der Waals surface area contributed by atoms with Crippen molar-refractivity contribution in [1.29, 1.82) is 0 Å². The van der Waals surface area contributed by atoms with E-state index in [1.165, 1.54) is 23.0 Å². The van der Waals surface area contributed by atoms with E-state index in [1.807, 2.05) is 24.3 Å². The molecule has 4 rings (SSSR count). The molecule has 0 atom stereocenters. The van der Waals surface area contributed by atoms with Crippen molar-refractivity contribution in [2.45, 2.75) is 6.54 Å². The third-order valence-corrected chi connectivity index (χ3v) is 5.24. The molecule has 0 saturated carbocycles. The molecule has 0 spiro atoms. The zero-order valence-corrected chi connectivity index (χ0v) is 14.4. The van der Waals surface area contributed by atoms with Crippen LogP contribution in [0.15, 0.2) is 33.9 Å². The highest BCUT2D eigenvalue weighted by molar-refractivity contribution is 7.18. The normalized spacial score (nSPS) is 11.6. The van der Waals surface area contributed by atoms with E-state index in [0.717, 1.165) is 19.8 Å². The van der Waals surface area contributed by atoms with Gasteiger partial charge >= 0.3 is 5.69 Å². The number of hydrogen-bond donors (Lipinski definition) is 0. The van der Waals surface area contributed by atoms with Gasteiger partial charge in [0.15, 0.2) is 11.2 Å². The van der Waals surface area contributed by atoms with Crippen LogP contribution in [0.1, 0.15) is 5.01 Å². The maximum Gasteiger partial charge on any atom is 0.332 e. The summed E-state index contributed by atoms with van der Waals surface area (Å²) in [4.78, 5) is 33.3. The molecule has 7 nitrogen and oxygen atoms in total. The van der Waals surface area contributed by atoms with Crippen molar-refractivity contribution in [2.75, 3.05) is 0 Å². The summed E-state index contributed by atoms with van der Waals surface area (Å²) in [6.45, 7) is 0.322. The molecule has 0 aliphatic rings. The Morgan fingerprint density at radius 1 is 1.12 bits per heavy atom. The Morgan fingerprint density at radius 3 is 2.62 bits per heavy atom. The van der Waals surface area contributed by atoms with Crippen molar-refractivity contribution in [3.05, 3.63) is 55.4 Å². The van der Waals surface area contributed by atoms with E-state index in [1.54, 1.807) is 11.6 Å². The van der Waals surface area contributed by atoms with Gasteiger partial charge in [-0.15, -0.1) is 11.3 Å². The van der Waals surface area contributed by atoms with Crippen LogP contribution in [-0.4, -0.2) is 23.7 Å². The van der Waals surface area contributed by atoms with Crippen molar-refractivity contribution in [3.8, 4) is 0 Å². The van der Waals surface area contributed by atoms with Crippen molar-refractivity contribution in [1.82, 2.24) is 23.7 Å². The van der Waals surface area contributed by atoms with Crippen LogP contribution >= 0.6 is 22.9 Å². The molecule has 0 N–H and O–H groups in total. The van der Waals surface area contributed by atoms with E-state index in [0.29, 0.717) is 12.1 Å². The van der Waals surface area contributed by atoms with Gasteiger partial charge in [0.25, 0.3) is 5.56 Å². The lowest BCUT2D eigenvalue weighted by Gasteiger charge is -2.05. The molecule has 0 unspecified atom stereocenters. The number of hydrogen-bond acceptors (Lipinski definition) is 5. The molecular weight excluding hydrogens is 350 g/mol. The fourth-order valence-corrected chi connectivity index (χ4v) is 3.87. The molecule has 0 aliphatic carbocycles. The van der Waals surface area contributed by atoms with Gasteiger partial charge in [-0.3, -0.25) is 13.9 Å². The second-order valence-corrected chi connectivity index (χ2v) is 6.87. The van der Waals surface area contributed by atoms with Crippen molar-refractivity contribution < 1.29 is 0 Å². The fraction of sp³-hybridized carbons (Fsp3) is 0.200. The van der Waals surface area contributed by atoms with Gasteiger partial charge in [0.1, 0.15) is 5.01 Å². The summed E-state index contributed by atoms with van der Waals surface area (Å²) in [6.07, 6.45) is 0. The average molecular weight is 362 g/mol. The van der Waals surface area contributed by atoms with Crippen molar-refractivity contribution in [3.63, 3.8) is 0 Å². The minimum absolute atomic E-state index is 0.155. The number of benzene rings is 1. The quantitative estimate of drug-likeness (QED) is 0.510. The molecule has 24 heavy (non-hydrogen) atoms. The molecule has 3 aromatic heterocycles. The van der Waals surface area contributed by atoms with Crippen LogP contribution in [0.25, 0.3) is 21.4 Å². The van der Waals surface area contributed by atoms with Gasteiger partial charge in [0, 0.05) is 14.1 Å². The van der Waals surface area contributed by atoms with Gasteiger partial charge in [-0.2, -0.15) is 4.98 Å². The van der Waals surface area contributed by atoms with Crippen molar-refractivity contribution in [2.24, 2.45) is 14.1 Å². The monoisotopic (exact) mass is 361 g/mol. The Kier molecular flexibility index (Phi) is 3.33. The highest BCUT2D eigenvalue weighted by atomic mass is 35.5. The topological polar surface area (TPSA) is 74.7 Å². The first-order chi connectivity index (χ1) is 11.5. The SMILES string of the molecule is Cn1c(=O)c2c(nc(Cl)n2Cc2nc3ccccc3s2)n(C)c1=O. The van der Waals surface area contributed by atoms with E-state index in [9.17, 15) is 9.59 Å². The van der Waals surface area contributed by atoms with Gasteiger partial charge in [-0.1, -0.05) is 12.1 Å². The zero-order valence-electron chi connectivity index (χ0n) is 12.9. The molecule has 0 fully saturated rings. The maximum atomic E-state index is 12.5. The third-order valence-electron chi connectivity index (χ3n) is 3.93. The van der Waals surface area contributed by atoms with Crippen LogP contribution < -0.4 is 11.2 Å². The Labute approximate surface area is 144 Å². The predicted octanol–water partition coefficient (Wildman–Crippen LogP) is 1.75. The Balaban J connectivity index is 1.95. The molecule has 0 radical (unpaired) electrons. The first-order valence-electron chi connectivity index (χ1n) is 7.13. The summed E-state index contributed by atoms with van der Waals surface area (Å²) in [6, 6.07) is 7.81. The minimum Gasteiger partial charge on any atom is -0.302 e. The number of imidazole rings is 1. The lowest BCUT2D eigenvalue weighted by atomic mass is 10.3. The molecule has 0 aliphatic heterocycles. The highest BCUT2D eigenvalue weighted by Gasteiger charge is 2.19. The van der Waals surface area contributed by atoms with E-state index < -0.39 is 11.2 Å². The standard InChI is InChI=1S/C15H12ClN5O2S/c1-19-12-11(13(22)20(2)15(19)23)21(14(16)18-12)7-10-17-8-5-3-4-6-9(8)24-10/h3-6H,7H2,1-2H3. The van der Waals surface area contributed by atoms with Gasteiger partial charge < -0.3 is 4.57 Å². The number of fused-ring (bicyclic) bond motifs is 2. The molecule has 9 heteroatoms. The molecule has 0 bridgehead atoms. The lowest BCUT2D eigenvalue weighted by molar-refractivity contribution is 0.702. The van der Waals surface area contributed by atoms with E-state index >= 15 is 0 Å². The highest BCUT2D eigenvalue weighted by Crippen LogP contribution is 2.24. The molecule has 1 aromatic carbocycles. The largest absolute Gasteiger partial charge is 0.332 e. The van der Waals surface area contributed by atoms with E-state index in [2.05, 4.69) is 9.97 Å². The second-order valence-electron chi connectivity index (χ2n) is 5.42. The van der Waals surface area contributed by atoms with Crippen LogP contribution in [0.5, 0.6) is 0 Å². The fourth-order valence-electron chi connectivity index (χ4n) is 2.69. The number of aryl methyl sites for hydroxylation is 1. The number of thiazole rings is 1. The summed E-state index contributed by atoms with van der Waals surface area (Å²) in [5.41, 5.74) is 0.610. The van der Waals surface area contributed by atoms with Crippen LogP contribution in [0.4, 0.5) is 0 Å². The van der Waals surface area contributed by atoms with Crippen LogP contribution in [0.3, 0.4) is 0 Å². The molecule has 0 saturated heterocycles. The summed E-state index contributed by atoms with van der Waals surface area (Å²) < 4.78 is 5.02. The Morgan fingerprint density at radius 2 is 1.88 bits per heavy atom. The molecule has 0 amide bonds. The number of rotatable bonds is 2. The number of para-hydroxylation sites is 1. The smallest absolute Gasteiger partial charge is 0.302 e. The van der Waals surface area contributed by atoms with E-state index in [4.69, 9.17) is 11.6 Å². The van der Waals surface area contributed by atoms with Gasteiger partial charge in [0.05, 0.1) is 16.8 Å². The molecule has 3 heterocycles. The maximum absolute atomic E-state index is 12.5. The summed E-state index contributed by atoms with van der Waals surface area (Å²) in [5.74, 6) is 0. The Bertz CT molecular complexity index is 1180. The van der Waals surface area contributed by atoms with Gasteiger partial charge in [-0.25, -0.2) is 9.78 Å². The molecule has 4 aromatic rings. The van der Waals surface area contributed by atoms with E-state index in [-0.39, 0.29) is 10.9 Å². The van der Waals surface area contributed by atoms with Crippen LogP contribution in [-0.2, 0) is 20.6 Å². The first kappa shape index (κ1) is 15.1. The minimum atomic E-state index is -0.436. The lowest BCUT2D eigenvalue weighted by Crippen LogP contribution is -2.37. The predicted molar refractivity (Wildman–Crippen MR) is 93.9 cm³/mol. The van der Waals surface area contributed by atoms with Gasteiger partial charge in [-0.05, 0) is 23.7 Å². The van der Waals surface area contributed by atoms with Crippen molar-refractivity contribution >= 4 is 44.3 Å². The number of aromatic nitrogens is 5. The molecular formula is C15H12ClN5O2S. The second kappa shape index (κ2) is 5.29. The van der Waals surface area contributed by atoms with Crippen LogP contribution in [0, 0.1) is 0 Å². The summed E-state index contributed by atoms with van der Waals surface area (Å²) in [7, 11) is 3.00. The van der Waals surface area contributed by atoms with Gasteiger partial charge in [0.2, 0.25) is 5.28 Å². The third kappa shape index (κ3) is 2.10. The first-order valence-corrected chi connectivity index (χ1v) is 8.33. The average Bonchev–Trinajstić information content (AvgIpc) is 3.12. The number of halogens is 1. The summed E-state index contributed by atoms with van der Waals surface area (Å²) in [5, 5.41) is 0.968. The molecule has 122 valence electrons.